The van der Waals surface area contributed by atoms with Gasteiger partial charge in [0.25, 0.3) is 5.91 Å². The minimum Gasteiger partial charge on any atom is -0.335 e. The highest BCUT2D eigenvalue weighted by molar-refractivity contribution is 5.91. The summed E-state index contributed by atoms with van der Waals surface area (Å²) < 4.78 is 0. The summed E-state index contributed by atoms with van der Waals surface area (Å²) in [6.07, 6.45) is 0.279. The lowest BCUT2D eigenvalue weighted by atomic mass is 10.1. The Morgan fingerprint density at radius 2 is 2.00 bits per heavy atom. The van der Waals surface area contributed by atoms with Crippen molar-refractivity contribution < 1.29 is 14.4 Å². The van der Waals surface area contributed by atoms with Crippen LogP contribution in [-0.4, -0.2) is 11.9 Å². The molecule has 1 N–H and O–H groups in total. The summed E-state index contributed by atoms with van der Waals surface area (Å²) in [4.78, 5) is 26.9. The van der Waals surface area contributed by atoms with Gasteiger partial charge in [0.05, 0.1) is 5.56 Å². The Morgan fingerprint density at radius 1 is 1.33 bits per heavy atom. The lowest BCUT2D eigenvalue weighted by Gasteiger charge is -2.05. The molecule has 1 aromatic carbocycles. The van der Waals surface area contributed by atoms with Gasteiger partial charge in [-0.2, -0.15) is 5.48 Å². The number of benzene rings is 1. The van der Waals surface area contributed by atoms with Crippen LogP contribution in [0.2, 0.25) is 0 Å². The van der Waals surface area contributed by atoms with Crippen LogP contribution in [0.4, 0.5) is 0 Å². The zero-order valence-electron chi connectivity index (χ0n) is 8.74. The second-order valence-corrected chi connectivity index (χ2v) is 3.08. The number of hydrogen-bond donors (Lipinski definition) is 1. The fourth-order valence-corrected chi connectivity index (χ4v) is 1.03. The van der Waals surface area contributed by atoms with Crippen LogP contribution in [0, 0.1) is 6.92 Å². The van der Waals surface area contributed by atoms with Gasteiger partial charge in [-0.25, -0.2) is 4.79 Å². The average molecular weight is 207 g/mol. The molecule has 0 saturated heterocycles. The first-order valence-corrected chi connectivity index (χ1v) is 4.70. The van der Waals surface area contributed by atoms with E-state index in [-0.39, 0.29) is 12.3 Å². The van der Waals surface area contributed by atoms with Crippen LogP contribution in [0.3, 0.4) is 0 Å². The molecule has 4 nitrogen and oxygen atoms in total. The molecule has 0 unspecified atom stereocenters. The van der Waals surface area contributed by atoms with Crippen LogP contribution in [0.5, 0.6) is 0 Å². The Morgan fingerprint density at radius 3 is 2.60 bits per heavy atom. The van der Waals surface area contributed by atoms with Gasteiger partial charge in [0.2, 0.25) is 0 Å². The molecule has 0 fully saturated rings. The number of amides is 1. The molecule has 1 amide bonds. The van der Waals surface area contributed by atoms with Gasteiger partial charge in [-0.15, -0.1) is 0 Å². The summed E-state index contributed by atoms with van der Waals surface area (Å²) in [6, 6.07) is 7.02. The summed E-state index contributed by atoms with van der Waals surface area (Å²) in [6.45, 7) is 3.48. The number of rotatable bonds is 2. The van der Waals surface area contributed by atoms with Crippen LogP contribution in [0.25, 0.3) is 0 Å². The van der Waals surface area contributed by atoms with E-state index in [1.165, 1.54) is 0 Å². The molecule has 0 aliphatic carbocycles. The van der Waals surface area contributed by atoms with Crippen molar-refractivity contribution in [1.82, 2.24) is 5.48 Å². The first-order chi connectivity index (χ1) is 7.15. The largest absolute Gasteiger partial charge is 0.363 e. The van der Waals surface area contributed by atoms with Crippen LogP contribution in [0.15, 0.2) is 24.3 Å². The molecule has 0 aromatic heterocycles. The van der Waals surface area contributed by atoms with Gasteiger partial charge in [-0.1, -0.05) is 25.1 Å². The highest BCUT2D eigenvalue weighted by Crippen LogP contribution is 2.07. The summed E-state index contributed by atoms with van der Waals surface area (Å²) in [5.41, 5.74) is 3.34. The quantitative estimate of drug-likeness (QED) is 0.749. The number of carbonyl (C=O) groups excluding carboxylic acids is 2. The highest BCUT2D eigenvalue weighted by Gasteiger charge is 2.10. The van der Waals surface area contributed by atoms with Gasteiger partial charge in [-0.3, -0.25) is 4.79 Å². The fourth-order valence-electron chi connectivity index (χ4n) is 1.03. The number of nitrogens with one attached hydrogen (secondary N) is 1. The van der Waals surface area contributed by atoms with E-state index in [0.717, 1.165) is 5.56 Å². The Bertz CT molecular complexity index is 374. The molecule has 0 aliphatic heterocycles. The van der Waals surface area contributed by atoms with E-state index in [0.29, 0.717) is 5.56 Å². The van der Waals surface area contributed by atoms with E-state index in [2.05, 4.69) is 10.3 Å². The molecule has 0 radical (unpaired) electrons. The van der Waals surface area contributed by atoms with Crippen molar-refractivity contribution in [1.29, 1.82) is 0 Å². The number of carbonyl (C=O) groups is 2. The van der Waals surface area contributed by atoms with E-state index in [9.17, 15) is 9.59 Å². The molecule has 0 saturated carbocycles. The molecule has 0 heterocycles. The zero-order chi connectivity index (χ0) is 11.3. The zero-order valence-corrected chi connectivity index (χ0v) is 8.74. The molecule has 1 aromatic rings. The third-order valence-electron chi connectivity index (χ3n) is 1.94. The van der Waals surface area contributed by atoms with E-state index in [1.807, 2.05) is 6.07 Å². The monoisotopic (exact) mass is 207 g/mol. The highest BCUT2D eigenvalue weighted by atomic mass is 16.7. The minimum atomic E-state index is -0.546. The maximum absolute atomic E-state index is 11.4. The summed E-state index contributed by atoms with van der Waals surface area (Å²) >= 11 is 0. The molecule has 0 bridgehead atoms. The summed E-state index contributed by atoms with van der Waals surface area (Å²) in [5.74, 6) is -0.869. The van der Waals surface area contributed by atoms with Crippen LogP contribution >= 0.6 is 0 Å². The van der Waals surface area contributed by atoms with Crippen molar-refractivity contribution in [3.05, 3.63) is 35.4 Å². The van der Waals surface area contributed by atoms with Crippen LogP contribution < -0.4 is 5.48 Å². The van der Waals surface area contributed by atoms with Gasteiger partial charge < -0.3 is 4.84 Å². The standard InChI is InChI=1S/C11H13NO3/c1-3-10(13)12-15-11(14)9-7-5-4-6-8(9)2/h4-7H,3H2,1-2H3,(H,12,13). The maximum Gasteiger partial charge on any atom is 0.363 e. The van der Waals surface area contributed by atoms with Gasteiger partial charge in [0.15, 0.2) is 0 Å². The number of aryl methyl sites for hydroxylation is 1. The molecule has 15 heavy (non-hydrogen) atoms. The lowest BCUT2D eigenvalue weighted by Crippen LogP contribution is -2.26. The first-order valence-electron chi connectivity index (χ1n) is 4.70. The first kappa shape index (κ1) is 11.2. The minimum absolute atomic E-state index is 0.279. The van der Waals surface area contributed by atoms with Gasteiger partial charge in [-0.05, 0) is 18.6 Å². The third-order valence-corrected chi connectivity index (χ3v) is 1.94. The third kappa shape index (κ3) is 3.09. The van der Waals surface area contributed by atoms with Crippen molar-refractivity contribution in [2.75, 3.05) is 0 Å². The molecule has 0 atom stereocenters. The molecule has 0 spiro atoms. The molecular formula is C11H13NO3. The SMILES string of the molecule is CCC(=O)NOC(=O)c1ccccc1C. The Hall–Kier alpha value is -1.84. The molecule has 4 heteroatoms. The van der Waals surface area contributed by atoms with Crippen molar-refractivity contribution >= 4 is 11.9 Å². The lowest BCUT2D eigenvalue weighted by molar-refractivity contribution is -0.129. The van der Waals surface area contributed by atoms with E-state index in [4.69, 9.17) is 0 Å². The predicted octanol–water partition coefficient (Wildman–Crippen LogP) is 1.59. The fraction of sp³-hybridized carbons (Fsp3) is 0.273. The van der Waals surface area contributed by atoms with Gasteiger partial charge in [0, 0.05) is 6.42 Å². The molecular weight excluding hydrogens is 194 g/mol. The molecule has 1 rings (SSSR count). The van der Waals surface area contributed by atoms with Crippen LogP contribution in [-0.2, 0) is 9.63 Å². The maximum atomic E-state index is 11.4. The second kappa shape index (κ2) is 5.14. The topological polar surface area (TPSA) is 55.4 Å². The normalized spacial score (nSPS) is 9.47. The Kier molecular flexibility index (Phi) is 3.85. The smallest absolute Gasteiger partial charge is 0.335 e. The Labute approximate surface area is 88.2 Å². The van der Waals surface area contributed by atoms with Crippen molar-refractivity contribution in [3.63, 3.8) is 0 Å². The van der Waals surface area contributed by atoms with Crippen molar-refractivity contribution in [2.45, 2.75) is 20.3 Å². The number of hydrogen-bond acceptors (Lipinski definition) is 3. The van der Waals surface area contributed by atoms with Gasteiger partial charge >= 0.3 is 5.97 Å². The second-order valence-electron chi connectivity index (χ2n) is 3.08. The Balaban J connectivity index is 2.62. The number of hydroxylamine groups is 1. The van der Waals surface area contributed by atoms with Crippen molar-refractivity contribution in [2.24, 2.45) is 0 Å². The predicted molar refractivity (Wildman–Crippen MR) is 55.0 cm³/mol. The van der Waals surface area contributed by atoms with E-state index >= 15 is 0 Å². The average Bonchev–Trinajstić information content (AvgIpc) is 2.26. The van der Waals surface area contributed by atoms with E-state index in [1.54, 1.807) is 32.0 Å². The molecule has 0 aliphatic rings. The summed E-state index contributed by atoms with van der Waals surface area (Å²) in [5, 5.41) is 0. The van der Waals surface area contributed by atoms with Gasteiger partial charge in [0.1, 0.15) is 0 Å². The van der Waals surface area contributed by atoms with E-state index < -0.39 is 5.97 Å². The molecule has 80 valence electrons. The van der Waals surface area contributed by atoms with Crippen LogP contribution in [0.1, 0.15) is 29.3 Å². The van der Waals surface area contributed by atoms with Crippen molar-refractivity contribution in [3.8, 4) is 0 Å². The summed E-state index contributed by atoms with van der Waals surface area (Å²) in [7, 11) is 0.